The lowest BCUT2D eigenvalue weighted by Gasteiger charge is -2.05. The van der Waals surface area contributed by atoms with E-state index in [4.69, 9.17) is 13.9 Å². The molecule has 2 aromatic heterocycles. The number of rotatable bonds is 6. The van der Waals surface area contributed by atoms with Crippen LogP contribution in [-0.4, -0.2) is 18.5 Å². The van der Waals surface area contributed by atoms with Crippen LogP contribution >= 0.6 is 11.3 Å². The molecular weight excluding hydrogens is 359 g/mol. The molecule has 0 N–H and O–H groups in total. The van der Waals surface area contributed by atoms with Gasteiger partial charge in [-0.15, -0.1) is 11.3 Å². The van der Waals surface area contributed by atoms with E-state index in [1.807, 2.05) is 0 Å². The van der Waals surface area contributed by atoms with Crippen molar-refractivity contribution in [2.45, 2.75) is 13.5 Å². The van der Waals surface area contributed by atoms with Crippen molar-refractivity contribution >= 4 is 39.4 Å². The molecule has 3 aromatic rings. The highest BCUT2D eigenvalue weighted by Crippen LogP contribution is 2.34. The predicted molar refractivity (Wildman–Crippen MR) is 95.3 cm³/mol. The zero-order chi connectivity index (χ0) is 18.5. The third kappa shape index (κ3) is 3.83. The molecular formula is C19H15FO5S. The van der Waals surface area contributed by atoms with Gasteiger partial charge in [0.05, 0.1) is 12.9 Å². The topological polar surface area (TPSA) is 65.7 Å². The van der Waals surface area contributed by atoms with Gasteiger partial charge in [0.2, 0.25) is 0 Å². The third-order valence-corrected chi connectivity index (χ3v) is 4.69. The van der Waals surface area contributed by atoms with Gasteiger partial charge in [-0.1, -0.05) is 6.07 Å². The molecule has 2 heterocycles. The zero-order valence-corrected chi connectivity index (χ0v) is 14.7. The molecule has 0 bridgehead atoms. The third-order valence-electron chi connectivity index (χ3n) is 3.51. The van der Waals surface area contributed by atoms with Gasteiger partial charge in [0.25, 0.3) is 0 Å². The Labute approximate surface area is 152 Å². The molecule has 5 nitrogen and oxygen atoms in total. The highest BCUT2D eigenvalue weighted by Gasteiger charge is 2.22. The molecule has 0 aliphatic heterocycles. The second kappa shape index (κ2) is 7.97. The second-order valence-corrected chi connectivity index (χ2v) is 6.25. The summed E-state index contributed by atoms with van der Waals surface area (Å²) in [5.41, 5.74) is 0.307. The molecule has 1 aromatic carbocycles. The van der Waals surface area contributed by atoms with Crippen molar-refractivity contribution < 1.29 is 27.9 Å². The first-order valence-electron chi connectivity index (χ1n) is 7.85. The number of carbonyl (C=O) groups is 2. The van der Waals surface area contributed by atoms with Crippen molar-refractivity contribution in [2.24, 2.45) is 0 Å². The van der Waals surface area contributed by atoms with Crippen LogP contribution in [0.2, 0.25) is 0 Å². The summed E-state index contributed by atoms with van der Waals surface area (Å²) in [6.07, 6.45) is 4.14. The molecule has 26 heavy (non-hydrogen) atoms. The molecule has 3 rings (SSSR count). The number of hydrogen-bond donors (Lipinski definition) is 0. The molecule has 0 saturated carbocycles. The minimum atomic E-state index is -0.633. The summed E-state index contributed by atoms with van der Waals surface area (Å²) in [5, 5.41) is 0.267. The number of carbonyl (C=O) groups excluding carboxylic acids is 2. The minimum absolute atomic E-state index is 0.195. The van der Waals surface area contributed by atoms with E-state index in [-0.39, 0.29) is 23.5 Å². The Bertz CT molecular complexity index is 956. The van der Waals surface area contributed by atoms with Crippen LogP contribution in [0, 0.1) is 5.82 Å². The summed E-state index contributed by atoms with van der Waals surface area (Å²) < 4.78 is 30.1. The molecule has 0 atom stereocenters. The van der Waals surface area contributed by atoms with Gasteiger partial charge in [0.15, 0.2) is 0 Å². The molecule has 0 radical (unpaired) electrons. The van der Waals surface area contributed by atoms with Gasteiger partial charge in [0, 0.05) is 21.7 Å². The molecule has 0 unspecified atom stereocenters. The van der Waals surface area contributed by atoms with E-state index >= 15 is 0 Å². The highest BCUT2D eigenvalue weighted by atomic mass is 32.1. The van der Waals surface area contributed by atoms with Gasteiger partial charge < -0.3 is 13.9 Å². The number of benzene rings is 1. The van der Waals surface area contributed by atoms with Crippen LogP contribution in [0.5, 0.6) is 0 Å². The molecule has 7 heteroatoms. The van der Waals surface area contributed by atoms with Crippen LogP contribution in [-0.2, 0) is 20.9 Å². The number of hydrogen-bond acceptors (Lipinski definition) is 6. The van der Waals surface area contributed by atoms with Crippen LogP contribution < -0.4 is 0 Å². The van der Waals surface area contributed by atoms with Crippen molar-refractivity contribution in [2.75, 3.05) is 6.61 Å². The van der Waals surface area contributed by atoms with Gasteiger partial charge in [0.1, 0.15) is 23.1 Å². The van der Waals surface area contributed by atoms with Gasteiger partial charge in [-0.05, 0) is 37.3 Å². The van der Waals surface area contributed by atoms with Crippen LogP contribution in [0.15, 0.2) is 47.1 Å². The van der Waals surface area contributed by atoms with E-state index in [0.717, 1.165) is 11.3 Å². The maximum atomic E-state index is 14.3. The lowest BCUT2D eigenvalue weighted by Crippen LogP contribution is -2.08. The SMILES string of the molecule is CCOC(=O)c1sc2cccc(F)c2c1COC(=O)/C=C/c1ccco1. The second-order valence-electron chi connectivity index (χ2n) is 5.20. The standard InChI is InChI=1S/C19H15FO5S/c1-2-23-19(22)18-13(17-14(20)6-3-7-15(17)26-18)11-25-16(21)9-8-12-5-4-10-24-12/h3-10H,2,11H2,1H3/b9-8+. The van der Waals surface area contributed by atoms with Crippen molar-refractivity contribution in [1.29, 1.82) is 0 Å². The lowest BCUT2D eigenvalue weighted by atomic mass is 10.1. The Hall–Kier alpha value is -2.93. The number of esters is 2. The molecule has 0 fully saturated rings. The summed E-state index contributed by atoms with van der Waals surface area (Å²) in [7, 11) is 0. The van der Waals surface area contributed by atoms with E-state index in [1.54, 1.807) is 31.2 Å². The van der Waals surface area contributed by atoms with Gasteiger partial charge in [-0.2, -0.15) is 0 Å². The molecule has 0 spiro atoms. The lowest BCUT2D eigenvalue weighted by molar-refractivity contribution is -0.138. The molecule has 0 saturated heterocycles. The summed E-state index contributed by atoms with van der Waals surface area (Å²) in [6, 6.07) is 7.94. The van der Waals surface area contributed by atoms with Crippen molar-refractivity contribution in [3.8, 4) is 0 Å². The summed E-state index contributed by atoms with van der Waals surface area (Å²) in [5.74, 6) is -1.18. The number of fused-ring (bicyclic) bond motifs is 1. The molecule has 0 aliphatic carbocycles. The maximum Gasteiger partial charge on any atom is 0.348 e. The maximum absolute atomic E-state index is 14.3. The first-order chi connectivity index (χ1) is 12.6. The van der Waals surface area contributed by atoms with Gasteiger partial charge >= 0.3 is 11.9 Å². The zero-order valence-electron chi connectivity index (χ0n) is 13.9. The van der Waals surface area contributed by atoms with Crippen LogP contribution in [0.1, 0.15) is 27.9 Å². The van der Waals surface area contributed by atoms with Gasteiger partial charge in [-0.25, -0.2) is 14.0 Å². The van der Waals surface area contributed by atoms with Crippen molar-refractivity contribution in [1.82, 2.24) is 0 Å². The predicted octanol–water partition coefficient (Wildman–Crippen LogP) is 4.57. The van der Waals surface area contributed by atoms with E-state index in [2.05, 4.69) is 0 Å². The van der Waals surface area contributed by atoms with Crippen LogP contribution in [0.25, 0.3) is 16.2 Å². The summed E-state index contributed by atoms with van der Waals surface area (Å²) >= 11 is 1.11. The Kier molecular flexibility index (Phi) is 5.48. The smallest absolute Gasteiger partial charge is 0.348 e. The number of thiophene rings is 1. The number of furan rings is 1. The fourth-order valence-electron chi connectivity index (χ4n) is 2.39. The molecule has 0 amide bonds. The average Bonchev–Trinajstić information content (AvgIpc) is 3.26. The summed E-state index contributed by atoms with van der Waals surface area (Å²) in [6.45, 7) is 1.64. The first kappa shape index (κ1) is 17.9. The Morgan fingerprint density at radius 3 is 2.81 bits per heavy atom. The fourth-order valence-corrected chi connectivity index (χ4v) is 3.51. The van der Waals surface area contributed by atoms with E-state index < -0.39 is 17.8 Å². The fraction of sp³-hybridized carbons (Fsp3) is 0.158. The number of ether oxygens (including phenoxy) is 2. The van der Waals surface area contributed by atoms with E-state index in [0.29, 0.717) is 16.0 Å². The van der Waals surface area contributed by atoms with Crippen molar-refractivity contribution in [3.63, 3.8) is 0 Å². The van der Waals surface area contributed by atoms with E-state index in [9.17, 15) is 14.0 Å². The Morgan fingerprint density at radius 2 is 2.08 bits per heavy atom. The van der Waals surface area contributed by atoms with Crippen LogP contribution in [0.4, 0.5) is 4.39 Å². The Morgan fingerprint density at radius 1 is 1.23 bits per heavy atom. The van der Waals surface area contributed by atoms with E-state index in [1.165, 1.54) is 24.5 Å². The minimum Gasteiger partial charge on any atom is -0.465 e. The highest BCUT2D eigenvalue weighted by molar-refractivity contribution is 7.21. The number of halogens is 1. The Balaban J connectivity index is 1.84. The van der Waals surface area contributed by atoms with Gasteiger partial charge in [-0.3, -0.25) is 0 Å². The van der Waals surface area contributed by atoms with Crippen molar-refractivity contribution in [3.05, 3.63) is 64.7 Å². The summed E-state index contributed by atoms with van der Waals surface area (Å²) in [4.78, 5) is 24.3. The largest absolute Gasteiger partial charge is 0.465 e. The monoisotopic (exact) mass is 374 g/mol. The first-order valence-corrected chi connectivity index (χ1v) is 8.67. The normalized spacial score (nSPS) is 11.2. The quantitative estimate of drug-likeness (QED) is 0.467. The average molecular weight is 374 g/mol. The van der Waals surface area contributed by atoms with Crippen LogP contribution in [0.3, 0.4) is 0 Å². The molecule has 0 aliphatic rings. The molecule has 134 valence electrons.